The minimum absolute atomic E-state index is 0.822. The van der Waals surface area contributed by atoms with Gasteiger partial charge in [-0.1, -0.05) is 6.58 Å². The van der Waals surface area contributed by atoms with Crippen molar-refractivity contribution in [3.8, 4) is 5.75 Å². The number of hydrogen-bond donors (Lipinski definition) is 0. The zero-order valence-corrected chi connectivity index (χ0v) is 7.58. The highest BCUT2D eigenvalue weighted by Crippen LogP contribution is 2.05. The van der Waals surface area contributed by atoms with Crippen molar-refractivity contribution in [2.75, 3.05) is 7.11 Å². The van der Waals surface area contributed by atoms with E-state index < -0.39 is 0 Å². The van der Waals surface area contributed by atoms with E-state index in [1.165, 1.54) is 5.69 Å². The van der Waals surface area contributed by atoms with Crippen molar-refractivity contribution in [1.29, 1.82) is 0 Å². The molecule has 0 aromatic carbocycles. The third-order valence-electron chi connectivity index (χ3n) is 1.79. The molecule has 0 saturated carbocycles. The molecule has 0 aliphatic carbocycles. The molecule has 0 saturated heterocycles. The zero-order chi connectivity index (χ0) is 8.97. The number of hydrogen-bond acceptors (Lipinski definition) is 1. The van der Waals surface area contributed by atoms with Gasteiger partial charge in [0.05, 0.1) is 7.11 Å². The van der Waals surface area contributed by atoms with Crippen molar-refractivity contribution in [3.63, 3.8) is 0 Å². The van der Waals surface area contributed by atoms with Crippen molar-refractivity contribution < 1.29 is 9.30 Å². The predicted molar refractivity (Wildman–Crippen MR) is 48.1 cm³/mol. The number of rotatable bonds is 3. The molecule has 0 fully saturated rings. The van der Waals surface area contributed by atoms with Gasteiger partial charge in [0.2, 0.25) is 6.20 Å². The summed E-state index contributed by atoms with van der Waals surface area (Å²) in [5.74, 6) is 0.877. The number of allylic oxidation sites excluding steroid dienone is 1. The van der Waals surface area contributed by atoms with Crippen molar-refractivity contribution in [2.45, 2.75) is 13.5 Å². The van der Waals surface area contributed by atoms with Gasteiger partial charge < -0.3 is 4.74 Å². The van der Waals surface area contributed by atoms with E-state index in [-0.39, 0.29) is 0 Å². The molecule has 0 bridgehead atoms. The van der Waals surface area contributed by atoms with Crippen LogP contribution in [0.2, 0.25) is 0 Å². The topological polar surface area (TPSA) is 13.1 Å². The first-order valence-corrected chi connectivity index (χ1v) is 3.93. The Labute approximate surface area is 73.1 Å². The standard InChI is InChI=1S/C10H14NO/c1-4-7-11-8-10(12-3)6-5-9(11)2/h4-6,8H,1,7H2,2-3H3/q+1. The molecule has 0 amide bonds. The van der Waals surface area contributed by atoms with Crippen LogP contribution in [0.25, 0.3) is 0 Å². The normalized spacial score (nSPS) is 9.50. The SMILES string of the molecule is C=CC[n+]1cc(OC)ccc1C. The number of ether oxygens (including phenoxy) is 1. The maximum atomic E-state index is 5.10. The van der Waals surface area contributed by atoms with Crippen LogP contribution in [-0.2, 0) is 6.54 Å². The van der Waals surface area contributed by atoms with E-state index >= 15 is 0 Å². The molecule has 0 aliphatic heterocycles. The maximum absolute atomic E-state index is 5.10. The van der Waals surface area contributed by atoms with Crippen LogP contribution in [0.1, 0.15) is 5.69 Å². The Morgan fingerprint density at radius 2 is 2.33 bits per heavy atom. The minimum atomic E-state index is 0.822. The monoisotopic (exact) mass is 164 g/mol. The van der Waals surface area contributed by atoms with Gasteiger partial charge in [0.25, 0.3) is 0 Å². The quantitative estimate of drug-likeness (QED) is 0.487. The Bertz CT molecular complexity index is 281. The Morgan fingerprint density at radius 1 is 1.58 bits per heavy atom. The van der Waals surface area contributed by atoms with Gasteiger partial charge in [-0.3, -0.25) is 0 Å². The van der Waals surface area contributed by atoms with Crippen LogP contribution >= 0.6 is 0 Å². The fourth-order valence-corrected chi connectivity index (χ4v) is 1.05. The predicted octanol–water partition coefficient (Wildman–Crippen LogP) is 1.48. The Kier molecular flexibility index (Phi) is 2.86. The molecule has 64 valence electrons. The van der Waals surface area contributed by atoms with Crippen LogP contribution in [-0.4, -0.2) is 7.11 Å². The first-order chi connectivity index (χ1) is 5.77. The maximum Gasteiger partial charge on any atom is 0.211 e. The number of methoxy groups -OCH3 is 1. The highest BCUT2D eigenvalue weighted by atomic mass is 16.5. The second-order valence-corrected chi connectivity index (χ2v) is 2.65. The zero-order valence-electron chi connectivity index (χ0n) is 7.58. The van der Waals surface area contributed by atoms with Crippen LogP contribution in [0, 0.1) is 6.92 Å². The van der Waals surface area contributed by atoms with E-state index in [0.717, 1.165) is 12.3 Å². The summed E-state index contributed by atoms with van der Waals surface area (Å²) < 4.78 is 7.19. The molecule has 12 heavy (non-hydrogen) atoms. The molecular weight excluding hydrogens is 150 g/mol. The number of aryl methyl sites for hydroxylation is 1. The summed E-state index contributed by atoms with van der Waals surface area (Å²) >= 11 is 0. The summed E-state index contributed by atoms with van der Waals surface area (Å²) in [5, 5.41) is 0. The largest absolute Gasteiger partial charge is 0.491 e. The lowest BCUT2D eigenvalue weighted by atomic mass is 10.3. The lowest BCUT2D eigenvalue weighted by Crippen LogP contribution is -2.35. The molecule has 0 aliphatic rings. The van der Waals surface area contributed by atoms with E-state index in [1.54, 1.807) is 7.11 Å². The van der Waals surface area contributed by atoms with E-state index in [2.05, 4.69) is 18.1 Å². The number of aromatic nitrogens is 1. The van der Waals surface area contributed by atoms with Gasteiger partial charge in [-0.2, -0.15) is 4.57 Å². The van der Waals surface area contributed by atoms with Crippen LogP contribution in [0.4, 0.5) is 0 Å². The second-order valence-electron chi connectivity index (χ2n) is 2.65. The minimum Gasteiger partial charge on any atom is -0.491 e. The molecule has 1 heterocycles. The summed E-state index contributed by atoms with van der Waals surface area (Å²) in [5.41, 5.74) is 1.20. The number of nitrogens with zero attached hydrogens (tertiary/aromatic N) is 1. The molecule has 0 spiro atoms. The molecule has 1 aromatic rings. The van der Waals surface area contributed by atoms with Gasteiger partial charge in [-0.25, -0.2) is 0 Å². The van der Waals surface area contributed by atoms with Gasteiger partial charge in [0.1, 0.15) is 0 Å². The van der Waals surface area contributed by atoms with Crippen LogP contribution in [0.15, 0.2) is 31.0 Å². The van der Waals surface area contributed by atoms with Crippen LogP contribution in [0.3, 0.4) is 0 Å². The van der Waals surface area contributed by atoms with Crippen LogP contribution < -0.4 is 9.30 Å². The smallest absolute Gasteiger partial charge is 0.211 e. The van der Waals surface area contributed by atoms with Crippen molar-refractivity contribution in [2.24, 2.45) is 0 Å². The molecular formula is C10H14NO+. The molecule has 2 heteroatoms. The highest BCUT2D eigenvalue weighted by Gasteiger charge is 2.04. The lowest BCUT2D eigenvalue weighted by molar-refractivity contribution is -0.693. The first kappa shape index (κ1) is 8.78. The Hall–Kier alpha value is -1.31. The summed E-state index contributed by atoms with van der Waals surface area (Å²) in [7, 11) is 1.67. The second kappa shape index (κ2) is 3.90. The fraction of sp³-hybridized carbons (Fsp3) is 0.300. The third-order valence-corrected chi connectivity index (χ3v) is 1.79. The van der Waals surface area contributed by atoms with E-state index in [4.69, 9.17) is 4.74 Å². The van der Waals surface area contributed by atoms with Gasteiger partial charge >= 0.3 is 0 Å². The summed E-state index contributed by atoms with van der Waals surface area (Å²) in [6, 6.07) is 3.98. The fourth-order valence-electron chi connectivity index (χ4n) is 1.05. The molecule has 0 unspecified atom stereocenters. The van der Waals surface area contributed by atoms with Crippen molar-refractivity contribution >= 4 is 0 Å². The molecule has 0 N–H and O–H groups in total. The van der Waals surface area contributed by atoms with E-state index in [1.807, 2.05) is 24.4 Å². The summed E-state index contributed by atoms with van der Waals surface area (Å²) in [4.78, 5) is 0. The van der Waals surface area contributed by atoms with E-state index in [0.29, 0.717) is 0 Å². The molecule has 1 aromatic heterocycles. The summed E-state index contributed by atoms with van der Waals surface area (Å²) in [6.45, 7) is 6.57. The molecule has 1 rings (SSSR count). The van der Waals surface area contributed by atoms with Crippen molar-refractivity contribution in [3.05, 3.63) is 36.7 Å². The van der Waals surface area contributed by atoms with Crippen molar-refractivity contribution in [1.82, 2.24) is 0 Å². The lowest BCUT2D eigenvalue weighted by Gasteiger charge is -2.00. The van der Waals surface area contributed by atoms with Crippen LogP contribution in [0.5, 0.6) is 5.75 Å². The average Bonchev–Trinajstić information content (AvgIpc) is 2.09. The Morgan fingerprint density at radius 3 is 2.92 bits per heavy atom. The molecule has 0 atom stereocenters. The number of pyridine rings is 1. The molecule has 2 nitrogen and oxygen atoms in total. The molecule has 0 radical (unpaired) electrons. The van der Waals surface area contributed by atoms with Gasteiger partial charge in [-0.05, 0) is 12.1 Å². The van der Waals surface area contributed by atoms with Gasteiger partial charge in [0, 0.05) is 13.0 Å². The average molecular weight is 164 g/mol. The first-order valence-electron chi connectivity index (χ1n) is 3.93. The van der Waals surface area contributed by atoms with E-state index in [9.17, 15) is 0 Å². The highest BCUT2D eigenvalue weighted by molar-refractivity contribution is 5.14. The van der Waals surface area contributed by atoms with Gasteiger partial charge in [0.15, 0.2) is 18.0 Å². The van der Waals surface area contributed by atoms with Gasteiger partial charge in [-0.15, -0.1) is 0 Å². The Balaban J connectivity index is 2.99. The summed E-state index contributed by atoms with van der Waals surface area (Å²) in [6.07, 6.45) is 3.84. The third kappa shape index (κ3) is 1.84.